The van der Waals surface area contributed by atoms with Gasteiger partial charge in [-0.05, 0) is 43.2 Å². The van der Waals surface area contributed by atoms with Gasteiger partial charge in [-0.25, -0.2) is 8.42 Å². The molecule has 0 unspecified atom stereocenters. The second kappa shape index (κ2) is 10.7. The smallest absolute Gasteiger partial charge is 0.245 e. The van der Waals surface area contributed by atoms with Gasteiger partial charge in [0.1, 0.15) is 17.3 Å². The average molecular weight is 547 g/mol. The zero-order chi connectivity index (χ0) is 27.7. The van der Waals surface area contributed by atoms with Crippen molar-refractivity contribution in [2.24, 2.45) is 11.3 Å². The van der Waals surface area contributed by atoms with Crippen molar-refractivity contribution in [3.05, 3.63) is 30.6 Å². The molecule has 1 fully saturated rings. The Morgan fingerprint density at radius 1 is 1.03 bits per heavy atom. The lowest BCUT2D eigenvalue weighted by Gasteiger charge is -2.47. The third kappa shape index (κ3) is 5.25. The van der Waals surface area contributed by atoms with E-state index in [0.29, 0.717) is 17.1 Å². The van der Waals surface area contributed by atoms with Crippen LogP contribution in [-0.4, -0.2) is 72.9 Å². The van der Waals surface area contributed by atoms with E-state index in [9.17, 15) is 8.42 Å². The van der Waals surface area contributed by atoms with Gasteiger partial charge in [0.15, 0.2) is 11.5 Å². The summed E-state index contributed by atoms with van der Waals surface area (Å²) in [6.07, 6.45) is 2.57. The Bertz CT molecular complexity index is 1360. The van der Waals surface area contributed by atoms with E-state index in [1.54, 1.807) is 45.4 Å². The van der Waals surface area contributed by atoms with E-state index in [0.717, 1.165) is 12.8 Å². The minimum atomic E-state index is -3.98. The summed E-state index contributed by atoms with van der Waals surface area (Å²) in [6.45, 7) is 5.97. The van der Waals surface area contributed by atoms with Gasteiger partial charge in [-0.2, -0.15) is 9.97 Å². The lowest BCUT2D eigenvalue weighted by atomic mass is 9.62. The average Bonchev–Trinajstić information content (AvgIpc) is 3.29. The first kappa shape index (κ1) is 27.6. The van der Waals surface area contributed by atoms with Gasteiger partial charge in [-0.15, -0.1) is 10.2 Å². The van der Waals surface area contributed by atoms with Gasteiger partial charge >= 0.3 is 0 Å². The van der Waals surface area contributed by atoms with E-state index in [4.69, 9.17) is 18.9 Å². The van der Waals surface area contributed by atoms with Crippen LogP contribution < -0.4 is 18.9 Å². The Labute approximate surface area is 222 Å². The lowest BCUT2D eigenvalue weighted by Crippen LogP contribution is -2.48. The normalized spacial score (nSPS) is 16.8. The van der Waals surface area contributed by atoms with Crippen molar-refractivity contribution in [1.29, 1.82) is 0 Å². The molecular weight excluding hydrogens is 512 g/mol. The maximum absolute atomic E-state index is 13.7. The molecule has 12 nitrogen and oxygen atoms in total. The topological polar surface area (TPSA) is 140 Å². The molecule has 0 bridgehead atoms. The van der Waals surface area contributed by atoms with Crippen LogP contribution in [-0.2, 0) is 14.8 Å². The summed E-state index contributed by atoms with van der Waals surface area (Å²) in [6, 6.07) is 7.13. The van der Waals surface area contributed by atoms with Crippen molar-refractivity contribution >= 4 is 16.0 Å². The number of benzene rings is 1. The van der Waals surface area contributed by atoms with Crippen LogP contribution in [0.15, 0.2) is 30.6 Å². The lowest BCUT2D eigenvalue weighted by molar-refractivity contribution is -0.0367. The molecule has 1 aromatic carbocycles. The first-order valence-corrected chi connectivity index (χ1v) is 13.7. The number of hydrogen-bond acceptors (Lipinski definition) is 10. The Morgan fingerprint density at radius 2 is 1.68 bits per heavy atom. The van der Waals surface area contributed by atoms with Gasteiger partial charge in [-0.3, -0.25) is 9.29 Å². The zero-order valence-corrected chi connectivity index (χ0v) is 23.4. The number of anilines is 1. The molecule has 2 heterocycles. The highest BCUT2D eigenvalue weighted by Gasteiger charge is 2.45. The van der Waals surface area contributed by atoms with E-state index in [2.05, 4.69) is 38.7 Å². The molecule has 0 radical (unpaired) electrons. The molecule has 0 spiro atoms. The number of sulfonamides is 1. The molecule has 1 aliphatic carbocycles. The summed E-state index contributed by atoms with van der Waals surface area (Å²) in [5, 5.41) is 7.65. The van der Waals surface area contributed by atoms with Crippen molar-refractivity contribution in [2.75, 3.05) is 33.2 Å². The van der Waals surface area contributed by atoms with Crippen LogP contribution in [0.5, 0.6) is 17.5 Å². The van der Waals surface area contributed by atoms with Gasteiger partial charge in [0.05, 0.1) is 27.4 Å². The van der Waals surface area contributed by atoms with E-state index in [1.165, 1.54) is 25.1 Å². The van der Waals surface area contributed by atoms with Gasteiger partial charge in [-0.1, -0.05) is 26.0 Å². The van der Waals surface area contributed by atoms with Crippen LogP contribution in [0.25, 0.3) is 17.1 Å². The van der Waals surface area contributed by atoms with Crippen LogP contribution in [0.2, 0.25) is 0 Å². The molecule has 0 saturated heterocycles. The van der Waals surface area contributed by atoms with Crippen LogP contribution >= 0.6 is 0 Å². The Balaban J connectivity index is 1.81. The van der Waals surface area contributed by atoms with Gasteiger partial charge in [0, 0.05) is 12.7 Å². The summed E-state index contributed by atoms with van der Waals surface area (Å²) >= 11 is 0. The number of hydrogen-bond donors (Lipinski definition) is 1. The van der Waals surface area contributed by atoms with Crippen LogP contribution in [0.1, 0.15) is 33.6 Å². The maximum atomic E-state index is 13.7. The standard InChI is InChI=1S/C25H34N6O6S/c1-15(20(35-5)17-12-25(2,3)13-17)38(32,33)30-24-29-28-21(16-9-8-10-18(11-16)34-4)31(24)19-22(36-6)26-14-27-23(19)37-7/h8-11,14-15,17,20H,12-13H2,1-7H3,(H,29,30)/t15-,20-/m1/s1. The van der Waals surface area contributed by atoms with Crippen molar-refractivity contribution in [3.8, 4) is 34.6 Å². The highest BCUT2D eigenvalue weighted by atomic mass is 32.2. The molecule has 0 aliphatic heterocycles. The van der Waals surface area contributed by atoms with Crippen molar-refractivity contribution < 1.29 is 27.4 Å². The molecule has 2 aromatic heterocycles. The minimum absolute atomic E-state index is 0.0788. The third-order valence-electron chi connectivity index (χ3n) is 6.91. The predicted octanol–water partition coefficient (Wildman–Crippen LogP) is 3.33. The summed E-state index contributed by atoms with van der Waals surface area (Å²) < 4.78 is 53.4. The van der Waals surface area contributed by atoms with E-state index < -0.39 is 21.4 Å². The summed E-state index contributed by atoms with van der Waals surface area (Å²) in [5.74, 6) is 1.22. The van der Waals surface area contributed by atoms with Crippen molar-refractivity contribution in [1.82, 2.24) is 24.7 Å². The highest BCUT2D eigenvalue weighted by Crippen LogP contribution is 2.48. The summed E-state index contributed by atoms with van der Waals surface area (Å²) in [7, 11) is 2.00. The second-order valence-corrected chi connectivity index (χ2v) is 12.1. The molecule has 3 aromatic rings. The van der Waals surface area contributed by atoms with Crippen LogP contribution in [0.3, 0.4) is 0 Å². The highest BCUT2D eigenvalue weighted by molar-refractivity contribution is 7.93. The molecular formula is C25H34N6O6S. The fraction of sp³-hybridized carbons (Fsp3) is 0.520. The molecule has 1 saturated carbocycles. The molecule has 38 heavy (non-hydrogen) atoms. The fourth-order valence-corrected chi connectivity index (χ4v) is 6.36. The second-order valence-electron chi connectivity index (χ2n) is 10.0. The van der Waals surface area contributed by atoms with Gasteiger partial charge in [0.25, 0.3) is 0 Å². The van der Waals surface area contributed by atoms with E-state index in [1.807, 2.05) is 0 Å². The SMILES string of the molecule is COc1cccc(-c2nnc(NS(=O)(=O)[C@H](C)[C@@H](OC)C3CC(C)(C)C3)n2-c2c(OC)ncnc2OC)c1. The molecule has 0 amide bonds. The Morgan fingerprint density at radius 3 is 2.24 bits per heavy atom. The first-order valence-electron chi connectivity index (χ1n) is 12.1. The number of nitrogens with zero attached hydrogens (tertiary/aromatic N) is 5. The summed E-state index contributed by atoms with van der Waals surface area (Å²) in [4.78, 5) is 8.38. The van der Waals surface area contributed by atoms with Gasteiger partial charge < -0.3 is 18.9 Å². The molecule has 4 rings (SSSR count). The Kier molecular flexibility index (Phi) is 7.79. The maximum Gasteiger partial charge on any atom is 0.245 e. The van der Waals surface area contributed by atoms with Crippen molar-refractivity contribution in [3.63, 3.8) is 0 Å². The van der Waals surface area contributed by atoms with Crippen molar-refractivity contribution in [2.45, 2.75) is 45.0 Å². The minimum Gasteiger partial charge on any atom is -0.497 e. The molecule has 13 heteroatoms. The largest absolute Gasteiger partial charge is 0.497 e. The molecule has 206 valence electrons. The van der Waals surface area contributed by atoms with E-state index >= 15 is 0 Å². The van der Waals surface area contributed by atoms with Gasteiger partial charge in [0.2, 0.25) is 27.7 Å². The monoisotopic (exact) mass is 546 g/mol. The number of nitrogens with one attached hydrogen (secondary N) is 1. The molecule has 1 N–H and O–H groups in total. The predicted molar refractivity (Wildman–Crippen MR) is 141 cm³/mol. The fourth-order valence-electron chi connectivity index (χ4n) is 5.11. The van der Waals surface area contributed by atoms with Crippen LogP contribution in [0, 0.1) is 11.3 Å². The quantitative estimate of drug-likeness (QED) is 0.381. The molecule has 1 aliphatic rings. The number of ether oxygens (including phenoxy) is 4. The number of aromatic nitrogens is 5. The van der Waals surface area contributed by atoms with Crippen LogP contribution in [0.4, 0.5) is 5.95 Å². The first-order chi connectivity index (χ1) is 18.0. The van der Waals surface area contributed by atoms with E-state index in [-0.39, 0.29) is 34.7 Å². The number of rotatable bonds is 11. The zero-order valence-electron chi connectivity index (χ0n) is 22.6. The molecule has 2 atom stereocenters. The summed E-state index contributed by atoms with van der Waals surface area (Å²) in [5.41, 5.74) is 1.01. The Hall–Kier alpha value is -3.45. The third-order valence-corrected chi connectivity index (χ3v) is 8.62. The number of methoxy groups -OCH3 is 4.